The van der Waals surface area contributed by atoms with Crippen molar-refractivity contribution in [1.82, 2.24) is 15.1 Å². The third kappa shape index (κ3) is 6.19. The van der Waals surface area contributed by atoms with Crippen molar-refractivity contribution >= 4 is 17.7 Å². The molecule has 1 saturated carbocycles. The van der Waals surface area contributed by atoms with Gasteiger partial charge < -0.3 is 24.6 Å². The van der Waals surface area contributed by atoms with E-state index in [1.807, 2.05) is 31.2 Å². The summed E-state index contributed by atoms with van der Waals surface area (Å²) in [7, 11) is 1.49. The summed E-state index contributed by atoms with van der Waals surface area (Å²) in [6.07, 6.45) is 3.54. The van der Waals surface area contributed by atoms with Gasteiger partial charge in [0, 0.05) is 39.3 Å². The highest BCUT2D eigenvalue weighted by atomic mass is 16.5. The van der Waals surface area contributed by atoms with E-state index < -0.39 is 0 Å². The number of hydrogen-bond acceptors (Lipinski definition) is 5. The molecular weight excluding hydrogens is 398 g/mol. The molecule has 170 valence electrons. The minimum Gasteiger partial charge on any atom is -0.484 e. The molecule has 2 aliphatic rings. The number of aryl methyl sites for hydroxylation is 1. The topological polar surface area (TPSA) is 88.2 Å². The van der Waals surface area contributed by atoms with E-state index >= 15 is 0 Å². The maximum Gasteiger partial charge on any atom is 0.260 e. The molecule has 0 spiro atoms. The van der Waals surface area contributed by atoms with Crippen LogP contribution >= 0.6 is 0 Å². The fourth-order valence-corrected chi connectivity index (χ4v) is 4.45. The molecule has 2 atom stereocenters. The Morgan fingerprint density at radius 3 is 2.68 bits per heavy atom. The molecule has 0 unspecified atom stereocenters. The molecule has 8 nitrogen and oxygen atoms in total. The van der Waals surface area contributed by atoms with Crippen molar-refractivity contribution in [3.05, 3.63) is 29.8 Å². The fourth-order valence-electron chi connectivity index (χ4n) is 4.45. The van der Waals surface area contributed by atoms with Crippen LogP contribution in [0.3, 0.4) is 0 Å². The summed E-state index contributed by atoms with van der Waals surface area (Å²) in [5.41, 5.74) is 1.06. The molecule has 0 bridgehead atoms. The quantitative estimate of drug-likeness (QED) is 0.761. The average molecular weight is 432 g/mol. The molecular formula is C23H33N3O5. The molecule has 2 fully saturated rings. The highest BCUT2D eigenvalue weighted by Gasteiger charge is 2.37. The molecule has 0 radical (unpaired) electrons. The zero-order valence-corrected chi connectivity index (χ0v) is 18.5. The van der Waals surface area contributed by atoms with Gasteiger partial charge in [0.25, 0.3) is 5.91 Å². The normalized spacial score (nSPS) is 22.3. The lowest BCUT2D eigenvalue weighted by atomic mass is 9.82. The van der Waals surface area contributed by atoms with Crippen molar-refractivity contribution in [1.29, 1.82) is 0 Å². The van der Waals surface area contributed by atoms with Crippen LogP contribution in [0.15, 0.2) is 24.3 Å². The Labute approximate surface area is 183 Å². The molecule has 1 N–H and O–H groups in total. The predicted molar refractivity (Wildman–Crippen MR) is 116 cm³/mol. The van der Waals surface area contributed by atoms with Crippen molar-refractivity contribution in [3.63, 3.8) is 0 Å². The Hall–Kier alpha value is -2.61. The van der Waals surface area contributed by atoms with Crippen LogP contribution in [0.4, 0.5) is 0 Å². The molecule has 1 aromatic carbocycles. The molecule has 8 heteroatoms. The number of carbonyl (C=O) groups excluding carboxylic acids is 3. The predicted octanol–water partition coefficient (Wildman–Crippen LogP) is 1.37. The van der Waals surface area contributed by atoms with Gasteiger partial charge in [-0.2, -0.15) is 0 Å². The number of fused-ring (bicyclic) bond motifs is 1. The third-order valence-corrected chi connectivity index (χ3v) is 6.05. The van der Waals surface area contributed by atoms with Crippen LogP contribution in [-0.4, -0.2) is 80.1 Å². The second-order valence-corrected chi connectivity index (χ2v) is 8.26. The van der Waals surface area contributed by atoms with Gasteiger partial charge in [-0.15, -0.1) is 0 Å². The van der Waals surface area contributed by atoms with E-state index in [0.717, 1.165) is 31.2 Å². The summed E-state index contributed by atoms with van der Waals surface area (Å²) in [6.45, 7) is 3.39. The number of nitrogens with zero attached hydrogens (tertiary/aromatic N) is 2. The van der Waals surface area contributed by atoms with Crippen LogP contribution < -0.4 is 10.1 Å². The first-order valence-electron chi connectivity index (χ1n) is 11.0. The van der Waals surface area contributed by atoms with Crippen LogP contribution in [0.1, 0.15) is 31.2 Å². The van der Waals surface area contributed by atoms with Gasteiger partial charge in [0.05, 0.1) is 5.92 Å². The van der Waals surface area contributed by atoms with Crippen molar-refractivity contribution in [2.24, 2.45) is 5.92 Å². The maximum absolute atomic E-state index is 12.8. The maximum atomic E-state index is 12.8. The number of benzene rings is 1. The lowest BCUT2D eigenvalue weighted by Gasteiger charge is -2.41. The second kappa shape index (κ2) is 11.1. The number of nitrogens with one attached hydrogen (secondary N) is 1. The number of ether oxygens (including phenoxy) is 2. The molecule has 1 aliphatic carbocycles. The van der Waals surface area contributed by atoms with E-state index in [9.17, 15) is 14.4 Å². The summed E-state index contributed by atoms with van der Waals surface area (Å²) in [6, 6.07) is 7.39. The lowest BCUT2D eigenvalue weighted by molar-refractivity contribution is -0.145. The Kier molecular flexibility index (Phi) is 8.28. The first-order chi connectivity index (χ1) is 15.0. The van der Waals surface area contributed by atoms with Crippen LogP contribution in [0.25, 0.3) is 0 Å². The standard InChI is InChI=1S/C23H33N3O5/c1-17-6-5-7-18(14-17)31-16-21(27)25-11-10-24-23(29)19-8-3-4-9-20(19)26(13-12-25)22(28)15-30-2/h5-7,14,19-20H,3-4,8-13,15-16H2,1-2H3,(H,24,29)/t19-,20+/m0/s1. The Morgan fingerprint density at radius 2 is 1.90 bits per heavy atom. The van der Waals surface area contributed by atoms with Crippen LogP contribution in [0.5, 0.6) is 5.75 Å². The number of amides is 3. The van der Waals surface area contributed by atoms with Gasteiger partial charge in [-0.05, 0) is 37.5 Å². The molecule has 1 heterocycles. The van der Waals surface area contributed by atoms with Gasteiger partial charge >= 0.3 is 0 Å². The van der Waals surface area contributed by atoms with E-state index in [1.54, 1.807) is 9.80 Å². The molecule has 1 saturated heterocycles. The average Bonchev–Trinajstić information content (AvgIpc) is 2.76. The highest BCUT2D eigenvalue weighted by Crippen LogP contribution is 2.29. The SMILES string of the molecule is COCC(=O)N1CCN(C(=O)COc2cccc(C)c2)CCNC(=O)[C@H]2CCCC[C@H]21. The molecule has 1 aliphatic heterocycles. The van der Waals surface area contributed by atoms with E-state index in [1.165, 1.54) is 7.11 Å². The highest BCUT2D eigenvalue weighted by molar-refractivity contribution is 5.83. The van der Waals surface area contributed by atoms with E-state index in [4.69, 9.17) is 9.47 Å². The lowest BCUT2D eigenvalue weighted by Crippen LogP contribution is -2.56. The summed E-state index contributed by atoms with van der Waals surface area (Å²) in [4.78, 5) is 41.8. The zero-order chi connectivity index (χ0) is 22.2. The molecule has 1 aromatic rings. The number of rotatable bonds is 5. The van der Waals surface area contributed by atoms with Gasteiger partial charge in [-0.1, -0.05) is 25.0 Å². The van der Waals surface area contributed by atoms with Gasteiger partial charge in [-0.3, -0.25) is 14.4 Å². The summed E-state index contributed by atoms with van der Waals surface area (Å²) >= 11 is 0. The largest absolute Gasteiger partial charge is 0.484 e. The van der Waals surface area contributed by atoms with Crippen LogP contribution in [-0.2, 0) is 19.1 Å². The van der Waals surface area contributed by atoms with Gasteiger partial charge in [0.15, 0.2) is 6.61 Å². The summed E-state index contributed by atoms with van der Waals surface area (Å²) in [5, 5.41) is 2.97. The van der Waals surface area contributed by atoms with Crippen molar-refractivity contribution < 1.29 is 23.9 Å². The van der Waals surface area contributed by atoms with E-state index in [2.05, 4.69) is 5.32 Å². The minimum absolute atomic E-state index is 0.0325. The second-order valence-electron chi connectivity index (χ2n) is 8.26. The molecule has 3 amide bonds. The Morgan fingerprint density at radius 1 is 1.10 bits per heavy atom. The zero-order valence-electron chi connectivity index (χ0n) is 18.5. The van der Waals surface area contributed by atoms with Crippen molar-refractivity contribution in [2.75, 3.05) is 46.5 Å². The molecule has 3 rings (SSSR count). The smallest absolute Gasteiger partial charge is 0.260 e. The number of methoxy groups -OCH3 is 1. The van der Waals surface area contributed by atoms with Gasteiger partial charge in [0.2, 0.25) is 11.8 Å². The van der Waals surface area contributed by atoms with Crippen molar-refractivity contribution in [3.8, 4) is 5.75 Å². The first kappa shape index (κ1) is 23.1. The van der Waals surface area contributed by atoms with Gasteiger partial charge in [-0.25, -0.2) is 0 Å². The van der Waals surface area contributed by atoms with Gasteiger partial charge in [0.1, 0.15) is 12.4 Å². The van der Waals surface area contributed by atoms with Crippen molar-refractivity contribution in [2.45, 2.75) is 38.6 Å². The number of carbonyl (C=O) groups is 3. The van der Waals surface area contributed by atoms with Crippen LogP contribution in [0, 0.1) is 12.8 Å². The van der Waals surface area contributed by atoms with E-state index in [-0.39, 0.29) is 42.9 Å². The summed E-state index contributed by atoms with van der Waals surface area (Å²) < 4.78 is 10.7. The molecule has 31 heavy (non-hydrogen) atoms. The molecule has 0 aromatic heterocycles. The minimum atomic E-state index is -0.207. The first-order valence-corrected chi connectivity index (χ1v) is 11.0. The Bertz CT molecular complexity index is 784. The monoisotopic (exact) mass is 431 g/mol. The Balaban J connectivity index is 1.70. The van der Waals surface area contributed by atoms with Crippen LogP contribution in [0.2, 0.25) is 0 Å². The third-order valence-electron chi connectivity index (χ3n) is 6.05. The summed E-state index contributed by atoms with van der Waals surface area (Å²) in [5.74, 6) is 0.0863. The number of hydrogen-bond donors (Lipinski definition) is 1. The van der Waals surface area contributed by atoms with E-state index in [0.29, 0.717) is 31.9 Å². The fraction of sp³-hybridized carbons (Fsp3) is 0.609.